The lowest BCUT2D eigenvalue weighted by Gasteiger charge is -2.17. The van der Waals surface area contributed by atoms with Crippen molar-refractivity contribution >= 4 is 32.8 Å². The number of furan rings is 1. The zero-order chi connectivity index (χ0) is 23.9. The van der Waals surface area contributed by atoms with Gasteiger partial charge in [0.05, 0.1) is 31.3 Å². The molecular formula is C25H24BrN3O5. The van der Waals surface area contributed by atoms with E-state index < -0.39 is 5.91 Å². The Balaban J connectivity index is 1.44. The van der Waals surface area contributed by atoms with Gasteiger partial charge in [-0.15, -0.1) is 0 Å². The standard InChI is InChI=1S/C25H24BrN3O5/c1-31-18-9-7-16(8-10-18)14-27-21(23-13-17-5-3-4-6-22(17)34-23)15-33-29-24(30)20-12-11-19(26)25(28-20)32-2/h3-13,21,27H,14-15H2,1-2H3,(H,29,30). The molecule has 0 radical (unpaired) electrons. The number of rotatable bonds is 10. The summed E-state index contributed by atoms with van der Waals surface area (Å²) in [5.74, 6) is 1.33. The van der Waals surface area contributed by atoms with Gasteiger partial charge in [-0.1, -0.05) is 30.3 Å². The number of fused-ring (bicyclic) bond motifs is 1. The number of hydrogen-bond donors (Lipinski definition) is 2. The second-order valence-electron chi connectivity index (χ2n) is 7.40. The number of nitrogens with one attached hydrogen (secondary N) is 2. The van der Waals surface area contributed by atoms with Crippen LogP contribution in [0.5, 0.6) is 11.6 Å². The van der Waals surface area contributed by atoms with Crippen LogP contribution in [0, 0.1) is 0 Å². The summed E-state index contributed by atoms with van der Waals surface area (Å²) in [5.41, 5.74) is 4.47. The number of benzene rings is 2. The maximum Gasteiger partial charge on any atom is 0.293 e. The molecule has 0 spiro atoms. The number of nitrogens with zero attached hydrogens (tertiary/aromatic N) is 1. The van der Waals surface area contributed by atoms with E-state index in [9.17, 15) is 4.79 Å². The molecule has 2 N–H and O–H groups in total. The fourth-order valence-corrected chi connectivity index (χ4v) is 3.72. The van der Waals surface area contributed by atoms with E-state index in [1.165, 1.54) is 7.11 Å². The van der Waals surface area contributed by atoms with Crippen molar-refractivity contribution in [3.8, 4) is 11.6 Å². The highest BCUT2D eigenvalue weighted by molar-refractivity contribution is 9.10. The van der Waals surface area contributed by atoms with Gasteiger partial charge in [-0.05, 0) is 57.9 Å². The molecule has 1 unspecified atom stereocenters. The Labute approximate surface area is 205 Å². The van der Waals surface area contributed by atoms with Crippen LogP contribution in [0.3, 0.4) is 0 Å². The number of amides is 1. The molecule has 4 rings (SSSR count). The van der Waals surface area contributed by atoms with Gasteiger partial charge in [0.1, 0.15) is 22.8 Å². The van der Waals surface area contributed by atoms with Crippen LogP contribution in [0.25, 0.3) is 11.0 Å². The highest BCUT2D eigenvalue weighted by Gasteiger charge is 2.18. The van der Waals surface area contributed by atoms with Crippen molar-refractivity contribution < 1.29 is 23.5 Å². The van der Waals surface area contributed by atoms with Gasteiger partial charge in [-0.3, -0.25) is 9.63 Å². The Hall–Kier alpha value is -3.40. The van der Waals surface area contributed by atoms with Crippen molar-refractivity contribution in [2.24, 2.45) is 0 Å². The number of carbonyl (C=O) groups is 1. The molecule has 34 heavy (non-hydrogen) atoms. The van der Waals surface area contributed by atoms with Crippen molar-refractivity contribution in [2.75, 3.05) is 20.8 Å². The molecule has 1 amide bonds. The van der Waals surface area contributed by atoms with Crippen molar-refractivity contribution in [1.82, 2.24) is 15.8 Å². The highest BCUT2D eigenvalue weighted by atomic mass is 79.9. The van der Waals surface area contributed by atoms with E-state index in [0.717, 1.165) is 22.3 Å². The lowest BCUT2D eigenvalue weighted by Crippen LogP contribution is -2.31. The van der Waals surface area contributed by atoms with Crippen LogP contribution in [0.15, 0.2) is 75.6 Å². The smallest absolute Gasteiger partial charge is 0.293 e. The molecule has 0 saturated carbocycles. The van der Waals surface area contributed by atoms with Crippen LogP contribution in [-0.2, 0) is 11.4 Å². The summed E-state index contributed by atoms with van der Waals surface area (Å²) in [5, 5.41) is 4.43. The number of pyridine rings is 1. The molecule has 0 aliphatic rings. The van der Waals surface area contributed by atoms with Gasteiger partial charge in [-0.2, -0.15) is 0 Å². The van der Waals surface area contributed by atoms with Gasteiger partial charge < -0.3 is 19.2 Å². The lowest BCUT2D eigenvalue weighted by atomic mass is 10.1. The largest absolute Gasteiger partial charge is 0.497 e. The zero-order valence-corrected chi connectivity index (χ0v) is 20.3. The normalized spacial score (nSPS) is 11.9. The molecule has 2 aromatic heterocycles. The van der Waals surface area contributed by atoms with Crippen LogP contribution in [0.2, 0.25) is 0 Å². The summed E-state index contributed by atoms with van der Waals surface area (Å²) in [7, 11) is 3.12. The number of hydroxylamine groups is 1. The van der Waals surface area contributed by atoms with E-state index in [1.54, 1.807) is 19.2 Å². The van der Waals surface area contributed by atoms with Gasteiger partial charge in [-0.25, -0.2) is 10.5 Å². The van der Waals surface area contributed by atoms with E-state index in [0.29, 0.717) is 22.7 Å². The molecule has 0 fully saturated rings. The molecule has 0 aliphatic heterocycles. The first-order valence-corrected chi connectivity index (χ1v) is 11.3. The first-order chi connectivity index (χ1) is 16.6. The van der Waals surface area contributed by atoms with Gasteiger partial charge in [0.15, 0.2) is 0 Å². The second kappa shape index (κ2) is 11.1. The molecule has 9 heteroatoms. The van der Waals surface area contributed by atoms with Crippen LogP contribution < -0.4 is 20.3 Å². The number of ether oxygens (including phenoxy) is 2. The number of halogens is 1. The van der Waals surface area contributed by atoms with Crippen LogP contribution in [0.4, 0.5) is 0 Å². The summed E-state index contributed by atoms with van der Waals surface area (Å²) >= 11 is 3.32. The highest BCUT2D eigenvalue weighted by Crippen LogP contribution is 2.25. The van der Waals surface area contributed by atoms with Gasteiger partial charge >= 0.3 is 0 Å². The predicted octanol–water partition coefficient (Wildman–Crippen LogP) is 4.80. The second-order valence-corrected chi connectivity index (χ2v) is 8.25. The fourth-order valence-electron chi connectivity index (χ4n) is 3.34. The Kier molecular flexibility index (Phi) is 7.79. The third-order valence-electron chi connectivity index (χ3n) is 5.15. The van der Waals surface area contributed by atoms with Crippen LogP contribution in [-0.4, -0.2) is 31.7 Å². The van der Waals surface area contributed by atoms with E-state index in [4.69, 9.17) is 18.7 Å². The monoisotopic (exact) mass is 525 g/mol. The van der Waals surface area contributed by atoms with Gasteiger partial charge in [0.2, 0.25) is 5.88 Å². The fraction of sp³-hybridized carbons (Fsp3) is 0.200. The maximum absolute atomic E-state index is 12.5. The number of carbonyl (C=O) groups excluding carboxylic acids is 1. The number of hydrogen-bond acceptors (Lipinski definition) is 7. The van der Waals surface area contributed by atoms with Crippen molar-refractivity contribution in [3.63, 3.8) is 0 Å². The van der Waals surface area contributed by atoms with Gasteiger partial charge in [0.25, 0.3) is 5.91 Å². The molecule has 0 saturated heterocycles. The summed E-state index contributed by atoms with van der Waals surface area (Å²) in [6.45, 7) is 0.698. The van der Waals surface area contributed by atoms with Gasteiger partial charge in [0, 0.05) is 11.9 Å². The molecule has 2 heterocycles. The van der Waals surface area contributed by atoms with E-state index >= 15 is 0 Å². The third-order valence-corrected chi connectivity index (χ3v) is 5.76. The number of para-hydroxylation sites is 1. The van der Waals surface area contributed by atoms with E-state index in [-0.39, 0.29) is 18.3 Å². The predicted molar refractivity (Wildman–Crippen MR) is 131 cm³/mol. The van der Waals surface area contributed by atoms with Crippen LogP contribution in [0.1, 0.15) is 27.9 Å². The first kappa shape index (κ1) is 23.7. The van der Waals surface area contributed by atoms with E-state index in [2.05, 4.69) is 31.7 Å². The molecule has 8 nitrogen and oxygen atoms in total. The Morgan fingerprint density at radius 1 is 1.06 bits per heavy atom. The topological polar surface area (TPSA) is 94.8 Å². The minimum atomic E-state index is -0.482. The van der Waals surface area contributed by atoms with Crippen molar-refractivity contribution in [3.05, 3.63) is 88.2 Å². The summed E-state index contributed by atoms with van der Waals surface area (Å²) in [6, 6.07) is 20.5. The minimum Gasteiger partial charge on any atom is -0.497 e. The van der Waals surface area contributed by atoms with Crippen LogP contribution >= 0.6 is 15.9 Å². The first-order valence-electron chi connectivity index (χ1n) is 10.5. The average molecular weight is 526 g/mol. The average Bonchev–Trinajstić information content (AvgIpc) is 3.30. The zero-order valence-electron chi connectivity index (χ0n) is 18.7. The Morgan fingerprint density at radius 3 is 2.59 bits per heavy atom. The number of aromatic nitrogens is 1. The molecule has 4 aromatic rings. The molecule has 176 valence electrons. The molecule has 0 bridgehead atoms. The SMILES string of the molecule is COc1ccc(CNC(CONC(=O)c2ccc(Br)c(OC)n2)c2cc3ccccc3o2)cc1. The maximum atomic E-state index is 12.5. The summed E-state index contributed by atoms with van der Waals surface area (Å²) < 4.78 is 17.0. The molecular weight excluding hydrogens is 502 g/mol. The summed E-state index contributed by atoms with van der Waals surface area (Å²) in [4.78, 5) is 22.2. The Morgan fingerprint density at radius 2 is 1.85 bits per heavy atom. The minimum absolute atomic E-state index is 0.134. The van der Waals surface area contributed by atoms with Crippen molar-refractivity contribution in [2.45, 2.75) is 12.6 Å². The summed E-state index contributed by atoms with van der Waals surface area (Å²) in [6.07, 6.45) is 0. The molecule has 2 aromatic carbocycles. The molecule has 0 aliphatic carbocycles. The molecule has 1 atom stereocenters. The Bertz CT molecular complexity index is 1230. The third kappa shape index (κ3) is 5.74. The number of methoxy groups -OCH3 is 2. The van der Waals surface area contributed by atoms with Crippen molar-refractivity contribution in [1.29, 1.82) is 0 Å². The quantitative estimate of drug-likeness (QED) is 0.287. The lowest BCUT2D eigenvalue weighted by molar-refractivity contribution is 0.0193. The van der Waals surface area contributed by atoms with E-state index in [1.807, 2.05) is 54.6 Å².